The van der Waals surface area contributed by atoms with E-state index in [-0.39, 0.29) is 18.1 Å². The largest absolute Gasteiger partial charge is 0.508 e. The van der Waals surface area contributed by atoms with Crippen molar-refractivity contribution in [3.8, 4) is 5.75 Å². The Hall–Kier alpha value is -1.22. The Kier molecular flexibility index (Phi) is 1.48. The van der Waals surface area contributed by atoms with Gasteiger partial charge in [-0.3, -0.25) is 4.79 Å². The van der Waals surface area contributed by atoms with E-state index in [4.69, 9.17) is 11.6 Å². The van der Waals surface area contributed by atoms with Crippen LogP contribution in [-0.2, 0) is 11.2 Å². The second kappa shape index (κ2) is 2.38. The van der Waals surface area contributed by atoms with Gasteiger partial charge in [-0.2, -0.15) is 0 Å². The fourth-order valence-corrected chi connectivity index (χ4v) is 1.49. The Morgan fingerprint density at radius 2 is 2.25 bits per heavy atom. The van der Waals surface area contributed by atoms with E-state index in [1.165, 1.54) is 6.07 Å². The highest BCUT2D eigenvalue weighted by Gasteiger charge is 2.22. The number of hydrogen-bond donors (Lipinski definition) is 2. The van der Waals surface area contributed by atoms with Crippen LogP contribution in [0.5, 0.6) is 5.75 Å². The van der Waals surface area contributed by atoms with Crippen molar-refractivity contribution in [2.24, 2.45) is 0 Å². The number of phenols is 1. The molecule has 12 heavy (non-hydrogen) atoms. The maximum Gasteiger partial charge on any atom is 0.229 e. The molecule has 0 bridgehead atoms. The van der Waals surface area contributed by atoms with Gasteiger partial charge in [0.15, 0.2) is 0 Å². The molecule has 0 saturated heterocycles. The molecule has 0 radical (unpaired) electrons. The molecule has 0 atom stereocenters. The minimum absolute atomic E-state index is 0.118. The number of anilines is 1. The molecule has 1 aliphatic rings. The zero-order chi connectivity index (χ0) is 8.72. The van der Waals surface area contributed by atoms with Crippen molar-refractivity contribution in [3.63, 3.8) is 0 Å². The van der Waals surface area contributed by atoms with E-state index in [0.29, 0.717) is 16.3 Å². The van der Waals surface area contributed by atoms with Crippen molar-refractivity contribution in [3.05, 3.63) is 22.7 Å². The van der Waals surface area contributed by atoms with Crippen molar-refractivity contribution >= 4 is 23.2 Å². The van der Waals surface area contributed by atoms with Crippen molar-refractivity contribution in [1.82, 2.24) is 0 Å². The van der Waals surface area contributed by atoms with Crippen LogP contribution in [0.1, 0.15) is 5.56 Å². The van der Waals surface area contributed by atoms with Gasteiger partial charge in [0, 0.05) is 5.56 Å². The fraction of sp³-hybridized carbons (Fsp3) is 0.125. The number of rotatable bonds is 0. The smallest absolute Gasteiger partial charge is 0.229 e. The Balaban J connectivity index is 2.64. The second-order valence-corrected chi connectivity index (χ2v) is 3.05. The minimum atomic E-state index is -0.131. The summed E-state index contributed by atoms with van der Waals surface area (Å²) in [5.41, 5.74) is 1.13. The van der Waals surface area contributed by atoms with Gasteiger partial charge in [0.25, 0.3) is 0 Å². The number of hydrogen-bond acceptors (Lipinski definition) is 2. The number of carbonyl (C=O) groups is 1. The summed E-state index contributed by atoms with van der Waals surface area (Å²) in [4.78, 5) is 10.9. The van der Waals surface area contributed by atoms with Gasteiger partial charge in [0.1, 0.15) is 5.75 Å². The number of aromatic hydroxyl groups is 1. The van der Waals surface area contributed by atoms with Crippen molar-refractivity contribution < 1.29 is 9.90 Å². The van der Waals surface area contributed by atoms with Gasteiger partial charge in [-0.25, -0.2) is 0 Å². The summed E-state index contributed by atoms with van der Waals surface area (Å²) < 4.78 is 0. The molecule has 0 unspecified atom stereocenters. The van der Waals surface area contributed by atoms with E-state index < -0.39 is 0 Å². The van der Waals surface area contributed by atoms with Crippen LogP contribution in [-0.4, -0.2) is 11.0 Å². The summed E-state index contributed by atoms with van der Waals surface area (Å²) in [7, 11) is 0. The van der Waals surface area contributed by atoms with Crippen LogP contribution < -0.4 is 5.32 Å². The highest BCUT2D eigenvalue weighted by molar-refractivity contribution is 6.34. The van der Waals surface area contributed by atoms with E-state index in [9.17, 15) is 9.90 Å². The molecule has 2 rings (SSSR count). The van der Waals surface area contributed by atoms with Crippen LogP contribution in [0.25, 0.3) is 0 Å². The molecule has 1 aromatic rings. The van der Waals surface area contributed by atoms with Crippen molar-refractivity contribution in [2.75, 3.05) is 5.32 Å². The first kappa shape index (κ1) is 7.43. The summed E-state index contributed by atoms with van der Waals surface area (Å²) in [6, 6.07) is 3.04. The minimum Gasteiger partial charge on any atom is -0.508 e. The Bertz CT molecular complexity index is 329. The lowest BCUT2D eigenvalue weighted by Crippen LogP contribution is -2.03. The summed E-state index contributed by atoms with van der Waals surface area (Å²) in [5.74, 6) is -0.0128. The maximum atomic E-state index is 10.9. The van der Waals surface area contributed by atoms with E-state index >= 15 is 0 Å². The summed E-state index contributed by atoms with van der Waals surface area (Å²) >= 11 is 5.78. The maximum absolute atomic E-state index is 10.9. The number of amides is 1. The molecule has 0 saturated carbocycles. The van der Waals surface area contributed by atoms with Gasteiger partial charge in [0.05, 0.1) is 17.1 Å². The number of halogens is 1. The highest BCUT2D eigenvalue weighted by atomic mass is 35.5. The third-order valence-electron chi connectivity index (χ3n) is 1.84. The SMILES string of the molecule is O=C1Cc2c(O)ccc(Cl)c2N1. The fourth-order valence-electron chi connectivity index (χ4n) is 1.27. The van der Waals surface area contributed by atoms with Gasteiger partial charge in [0.2, 0.25) is 5.91 Å². The summed E-state index contributed by atoms with van der Waals surface area (Å²) in [6.45, 7) is 0. The van der Waals surface area contributed by atoms with Gasteiger partial charge < -0.3 is 10.4 Å². The molecule has 62 valence electrons. The number of phenolic OH excluding ortho intramolecular Hbond substituents is 1. The van der Waals surface area contributed by atoms with E-state index in [2.05, 4.69) is 5.32 Å². The predicted octanol–water partition coefficient (Wildman–Crippen LogP) is 1.54. The number of fused-ring (bicyclic) bond motifs is 1. The second-order valence-electron chi connectivity index (χ2n) is 2.65. The molecule has 0 aliphatic carbocycles. The number of benzene rings is 1. The van der Waals surface area contributed by atoms with Crippen molar-refractivity contribution in [1.29, 1.82) is 0 Å². The average molecular weight is 184 g/mol. The standard InChI is InChI=1S/C8H6ClNO2/c9-5-1-2-6(11)4-3-7(12)10-8(4)5/h1-2,11H,3H2,(H,10,12). The van der Waals surface area contributed by atoms with E-state index in [1.54, 1.807) is 6.07 Å². The molecule has 0 fully saturated rings. The van der Waals surface area contributed by atoms with Gasteiger partial charge in [-0.05, 0) is 12.1 Å². The van der Waals surface area contributed by atoms with Crippen LogP contribution in [0, 0.1) is 0 Å². The predicted molar refractivity (Wildman–Crippen MR) is 45.5 cm³/mol. The van der Waals surface area contributed by atoms with Gasteiger partial charge in [-0.1, -0.05) is 11.6 Å². The molecular weight excluding hydrogens is 178 g/mol. The Morgan fingerprint density at radius 1 is 1.50 bits per heavy atom. The molecule has 1 amide bonds. The first-order chi connectivity index (χ1) is 5.68. The first-order valence-corrected chi connectivity index (χ1v) is 3.86. The molecule has 1 aromatic carbocycles. The molecular formula is C8H6ClNO2. The van der Waals surface area contributed by atoms with E-state index in [1.807, 2.05) is 0 Å². The Morgan fingerprint density at radius 3 is 2.92 bits per heavy atom. The third-order valence-corrected chi connectivity index (χ3v) is 2.15. The summed E-state index contributed by atoms with van der Waals surface area (Å²) in [6.07, 6.45) is 0.210. The van der Waals surface area contributed by atoms with Crippen LogP contribution >= 0.6 is 11.6 Å². The lowest BCUT2D eigenvalue weighted by Gasteiger charge is -2.02. The van der Waals surface area contributed by atoms with E-state index in [0.717, 1.165) is 0 Å². The van der Waals surface area contributed by atoms with Crippen LogP contribution in [0.3, 0.4) is 0 Å². The quantitative estimate of drug-likeness (QED) is 0.641. The zero-order valence-electron chi connectivity index (χ0n) is 6.10. The Labute approximate surface area is 74.0 Å². The summed E-state index contributed by atoms with van der Waals surface area (Å²) in [5, 5.41) is 12.4. The molecule has 2 N–H and O–H groups in total. The normalized spacial score (nSPS) is 14.2. The molecule has 1 aliphatic heterocycles. The molecule has 3 nitrogen and oxygen atoms in total. The van der Waals surface area contributed by atoms with Crippen LogP contribution in [0.15, 0.2) is 12.1 Å². The topological polar surface area (TPSA) is 49.3 Å². The molecule has 0 aromatic heterocycles. The number of carbonyl (C=O) groups excluding carboxylic acids is 1. The van der Waals surface area contributed by atoms with Crippen LogP contribution in [0.4, 0.5) is 5.69 Å². The van der Waals surface area contributed by atoms with Gasteiger partial charge in [-0.15, -0.1) is 0 Å². The molecule has 1 heterocycles. The third kappa shape index (κ3) is 0.940. The molecule has 0 spiro atoms. The molecule has 4 heteroatoms. The average Bonchev–Trinajstić information content (AvgIpc) is 2.41. The highest BCUT2D eigenvalue weighted by Crippen LogP contribution is 2.36. The van der Waals surface area contributed by atoms with Crippen LogP contribution in [0.2, 0.25) is 5.02 Å². The van der Waals surface area contributed by atoms with Crippen molar-refractivity contribution in [2.45, 2.75) is 6.42 Å². The van der Waals surface area contributed by atoms with Gasteiger partial charge >= 0.3 is 0 Å². The zero-order valence-corrected chi connectivity index (χ0v) is 6.85. The number of nitrogens with one attached hydrogen (secondary N) is 1. The lowest BCUT2D eigenvalue weighted by atomic mass is 10.1. The first-order valence-electron chi connectivity index (χ1n) is 3.48. The monoisotopic (exact) mass is 183 g/mol. The lowest BCUT2D eigenvalue weighted by molar-refractivity contribution is -0.115.